The van der Waals surface area contributed by atoms with Crippen LogP contribution in [0.5, 0.6) is 0 Å². The van der Waals surface area contributed by atoms with Crippen LogP contribution in [0, 0.1) is 17.1 Å². The van der Waals surface area contributed by atoms with E-state index < -0.39 is 35.5 Å². The van der Waals surface area contributed by atoms with Crippen LogP contribution < -0.4 is 16.0 Å². The highest BCUT2D eigenvalue weighted by Gasteiger charge is 2.27. The van der Waals surface area contributed by atoms with Crippen LogP contribution in [0.4, 0.5) is 4.39 Å². The molecule has 9 nitrogen and oxygen atoms in total. The van der Waals surface area contributed by atoms with Crippen molar-refractivity contribution in [2.75, 3.05) is 13.7 Å². The smallest absolute Gasteiger partial charge is 0.245 e. The molecule has 1 rings (SSSR count). The van der Waals surface area contributed by atoms with Gasteiger partial charge in [-0.25, -0.2) is 4.39 Å². The number of amides is 3. The number of methoxy groups -OCH3 is 1. The number of rotatable bonds is 13. The molecule has 0 saturated heterocycles. The van der Waals surface area contributed by atoms with Crippen molar-refractivity contribution in [3.05, 3.63) is 35.6 Å². The lowest BCUT2D eigenvalue weighted by Crippen LogP contribution is -2.55. The molecule has 0 saturated carbocycles. The van der Waals surface area contributed by atoms with Gasteiger partial charge in [0.25, 0.3) is 0 Å². The Bertz CT molecular complexity index is 782. The van der Waals surface area contributed by atoms with Crippen molar-refractivity contribution in [2.45, 2.75) is 45.3 Å². The molecular formula is C21H29FN4O5. The Morgan fingerprint density at radius 1 is 1.03 bits per heavy atom. The molecule has 0 aliphatic carbocycles. The number of benzene rings is 1. The van der Waals surface area contributed by atoms with Crippen LogP contribution in [-0.2, 0) is 30.5 Å². The molecule has 0 aliphatic heterocycles. The summed E-state index contributed by atoms with van der Waals surface area (Å²) in [5, 5.41) is 14.7. The van der Waals surface area contributed by atoms with Crippen molar-refractivity contribution in [3.8, 4) is 0 Å². The van der Waals surface area contributed by atoms with Gasteiger partial charge in [0.05, 0.1) is 12.8 Å². The number of carbonyl (C=O) groups excluding carboxylic acids is 4. The fourth-order valence-corrected chi connectivity index (χ4v) is 2.50. The van der Waals surface area contributed by atoms with Gasteiger partial charge in [-0.3, -0.25) is 19.2 Å². The van der Waals surface area contributed by atoms with Crippen molar-refractivity contribution in [3.63, 3.8) is 0 Å². The van der Waals surface area contributed by atoms with Crippen molar-refractivity contribution in [1.82, 2.24) is 16.0 Å². The number of Topliss-reactive ketones (excluding diaryl/α,β-unsaturated/α-hetero) is 1. The normalized spacial score (nSPS) is 12.5. The molecule has 170 valence electrons. The summed E-state index contributed by atoms with van der Waals surface area (Å²) in [6.45, 7) is 3.33. The molecule has 0 fully saturated rings. The molecule has 0 aliphatic rings. The van der Waals surface area contributed by atoms with Crippen molar-refractivity contribution in [2.24, 2.45) is 5.92 Å². The zero-order chi connectivity index (χ0) is 23.4. The van der Waals surface area contributed by atoms with Crippen LogP contribution in [0.25, 0.3) is 0 Å². The second-order valence-electron chi connectivity index (χ2n) is 7.23. The third-order valence-corrected chi connectivity index (χ3v) is 4.34. The van der Waals surface area contributed by atoms with Gasteiger partial charge in [0.1, 0.15) is 17.9 Å². The Labute approximate surface area is 180 Å². The molecule has 0 spiro atoms. The average molecular weight is 436 g/mol. The minimum atomic E-state index is -1.08. The lowest BCUT2D eigenvalue weighted by atomic mass is 10.1. The van der Waals surface area contributed by atoms with Crippen LogP contribution in [0.15, 0.2) is 24.3 Å². The van der Waals surface area contributed by atoms with E-state index in [1.807, 2.05) is 0 Å². The number of halogens is 1. The summed E-state index contributed by atoms with van der Waals surface area (Å²) in [6.07, 6.45) is 0.491. The third-order valence-electron chi connectivity index (χ3n) is 4.34. The summed E-state index contributed by atoms with van der Waals surface area (Å²) in [4.78, 5) is 48.8. The molecule has 2 atom stereocenters. The van der Waals surface area contributed by atoms with E-state index in [4.69, 9.17) is 10.1 Å². The standard InChI is InChI=1S/C21H29FN4O5/c1-13(2)19(28)26-18(12-31-3)21(30)25-17(9-8-16(27)10-23)20(29)24-11-14-4-6-15(22)7-5-14/h4-7,10,13,17-18,23H,8-9,11-12H2,1-3H3,(H,24,29)(H,25,30)(H,26,28)/t17-,18-/m0/s1. The van der Waals surface area contributed by atoms with E-state index >= 15 is 0 Å². The molecule has 10 heteroatoms. The van der Waals surface area contributed by atoms with Crippen LogP contribution in [0.3, 0.4) is 0 Å². The topological polar surface area (TPSA) is 137 Å². The number of hydrogen-bond acceptors (Lipinski definition) is 6. The Hall–Kier alpha value is -3.14. The Morgan fingerprint density at radius 3 is 2.19 bits per heavy atom. The average Bonchev–Trinajstić information content (AvgIpc) is 2.74. The minimum absolute atomic E-state index is 0.0347. The monoisotopic (exact) mass is 436 g/mol. The highest BCUT2D eigenvalue weighted by molar-refractivity contribution is 6.26. The maximum Gasteiger partial charge on any atom is 0.245 e. The molecule has 31 heavy (non-hydrogen) atoms. The highest BCUT2D eigenvalue weighted by atomic mass is 19.1. The maximum atomic E-state index is 13.0. The van der Waals surface area contributed by atoms with E-state index in [1.165, 1.54) is 31.4 Å². The van der Waals surface area contributed by atoms with Gasteiger partial charge in [-0.05, 0) is 24.1 Å². The van der Waals surface area contributed by atoms with Gasteiger partial charge < -0.3 is 26.1 Å². The molecule has 1 aromatic carbocycles. The molecule has 3 amide bonds. The summed E-state index contributed by atoms with van der Waals surface area (Å²) in [5.41, 5.74) is 0.650. The van der Waals surface area contributed by atoms with Gasteiger partial charge in [0.2, 0.25) is 17.7 Å². The van der Waals surface area contributed by atoms with E-state index in [-0.39, 0.29) is 37.8 Å². The fraction of sp³-hybridized carbons (Fsp3) is 0.476. The third kappa shape index (κ3) is 9.47. The Balaban J connectivity index is 2.85. The van der Waals surface area contributed by atoms with Crippen molar-refractivity contribution in [1.29, 1.82) is 5.41 Å². The van der Waals surface area contributed by atoms with Crippen molar-refractivity contribution < 1.29 is 28.3 Å². The molecule has 0 heterocycles. The molecule has 0 unspecified atom stereocenters. The molecule has 4 N–H and O–H groups in total. The lowest BCUT2D eigenvalue weighted by molar-refractivity contribution is -0.134. The zero-order valence-corrected chi connectivity index (χ0v) is 17.9. The second kappa shape index (κ2) is 13.2. The Morgan fingerprint density at radius 2 is 1.65 bits per heavy atom. The minimum Gasteiger partial charge on any atom is -0.382 e. The van der Waals surface area contributed by atoms with Gasteiger partial charge in [0, 0.05) is 26.0 Å². The first-order valence-electron chi connectivity index (χ1n) is 9.83. The van der Waals surface area contributed by atoms with Crippen molar-refractivity contribution >= 4 is 29.7 Å². The summed E-state index contributed by atoms with van der Waals surface area (Å²) in [7, 11) is 1.37. The predicted molar refractivity (Wildman–Crippen MR) is 112 cm³/mol. The molecule has 0 radical (unpaired) electrons. The maximum absolute atomic E-state index is 13.0. The van der Waals surface area contributed by atoms with Gasteiger partial charge in [-0.15, -0.1) is 0 Å². The van der Waals surface area contributed by atoms with Gasteiger partial charge in [0.15, 0.2) is 5.78 Å². The summed E-state index contributed by atoms with van der Waals surface area (Å²) >= 11 is 0. The Kier molecular flexibility index (Phi) is 11.0. The molecule has 1 aromatic rings. The number of nitrogens with one attached hydrogen (secondary N) is 4. The number of ketones is 1. The first-order chi connectivity index (χ1) is 14.7. The first kappa shape index (κ1) is 25.9. The number of hydrogen-bond donors (Lipinski definition) is 4. The molecule has 0 bridgehead atoms. The largest absolute Gasteiger partial charge is 0.382 e. The number of ether oxygens (including phenoxy) is 1. The molecule has 0 aromatic heterocycles. The van der Waals surface area contributed by atoms with E-state index in [2.05, 4.69) is 16.0 Å². The summed E-state index contributed by atoms with van der Waals surface area (Å²) in [6, 6.07) is 3.44. The van der Waals surface area contributed by atoms with Crippen LogP contribution in [0.1, 0.15) is 32.3 Å². The van der Waals surface area contributed by atoms with Crippen LogP contribution in [0.2, 0.25) is 0 Å². The van der Waals surface area contributed by atoms with Crippen LogP contribution >= 0.6 is 0 Å². The SMILES string of the molecule is COC[C@H](NC(=O)C(C)C)C(=O)N[C@@H](CCC(=O)C=N)C(=O)NCc1ccc(F)cc1. The predicted octanol–water partition coefficient (Wildman–Crippen LogP) is 0.713. The first-order valence-corrected chi connectivity index (χ1v) is 9.83. The van der Waals surface area contributed by atoms with Gasteiger partial charge in [-0.1, -0.05) is 26.0 Å². The van der Waals surface area contributed by atoms with Crippen LogP contribution in [-0.4, -0.2) is 55.5 Å². The van der Waals surface area contributed by atoms with E-state index in [0.29, 0.717) is 11.8 Å². The highest BCUT2D eigenvalue weighted by Crippen LogP contribution is 2.05. The summed E-state index contributed by atoms with van der Waals surface area (Å²) in [5.74, 6) is -2.80. The van der Waals surface area contributed by atoms with E-state index in [9.17, 15) is 23.6 Å². The second-order valence-corrected chi connectivity index (χ2v) is 7.23. The van der Waals surface area contributed by atoms with E-state index in [0.717, 1.165) is 0 Å². The van der Waals surface area contributed by atoms with Gasteiger partial charge in [-0.2, -0.15) is 0 Å². The van der Waals surface area contributed by atoms with Gasteiger partial charge >= 0.3 is 0 Å². The lowest BCUT2D eigenvalue weighted by Gasteiger charge is -2.23. The quantitative estimate of drug-likeness (QED) is 0.338. The van der Waals surface area contributed by atoms with E-state index in [1.54, 1.807) is 13.8 Å². The fourth-order valence-electron chi connectivity index (χ4n) is 2.50. The summed E-state index contributed by atoms with van der Waals surface area (Å²) < 4.78 is 18.0. The number of carbonyl (C=O) groups is 4. The zero-order valence-electron chi connectivity index (χ0n) is 17.9. The molecular weight excluding hydrogens is 407 g/mol.